The van der Waals surface area contributed by atoms with Crippen molar-refractivity contribution >= 4 is 5.95 Å². The van der Waals surface area contributed by atoms with Crippen molar-refractivity contribution in [3.63, 3.8) is 0 Å². The van der Waals surface area contributed by atoms with Gasteiger partial charge in [-0.15, -0.1) is 13.2 Å². The van der Waals surface area contributed by atoms with Gasteiger partial charge in [0.05, 0.1) is 5.69 Å². The highest BCUT2D eigenvalue weighted by atomic mass is 19.4. The Bertz CT molecular complexity index is 656. The van der Waals surface area contributed by atoms with Gasteiger partial charge in [0, 0.05) is 12.1 Å². The van der Waals surface area contributed by atoms with E-state index in [4.69, 9.17) is 5.73 Å². The van der Waals surface area contributed by atoms with Gasteiger partial charge in [0.15, 0.2) is 0 Å². The Morgan fingerprint density at radius 3 is 2.57 bits per heavy atom. The predicted octanol–water partition coefficient (Wildman–Crippen LogP) is 3.04. The summed E-state index contributed by atoms with van der Waals surface area (Å²) in [5.74, 6) is 0.00887. The van der Waals surface area contributed by atoms with Gasteiger partial charge in [-0.2, -0.15) is 0 Å². The van der Waals surface area contributed by atoms with Gasteiger partial charge < -0.3 is 10.5 Å². The standard InChI is InChI=1S/C14H12F3N3O/c15-14(16,17)21-10-4-1-8(2-5-10)11-6-3-9-7-19-13(18)20-12(9)11/h1-2,4-5,7,11H,3,6H2,(H2,18,19,20). The number of hydrogen-bond donors (Lipinski definition) is 1. The Morgan fingerprint density at radius 1 is 1.19 bits per heavy atom. The first-order chi connectivity index (χ1) is 9.92. The van der Waals surface area contributed by atoms with Crippen LogP contribution in [0.1, 0.15) is 29.2 Å². The van der Waals surface area contributed by atoms with E-state index in [-0.39, 0.29) is 17.6 Å². The maximum Gasteiger partial charge on any atom is 0.573 e. The molecule has 0 bridgehead atoms. The van der Waals surface area contributed by atoms with E-state index in [9.17, 15) is 13.2 Å². The Morgan fingerprint density at radius 2 is 1.90 bits per heavy atom. The topological polar surface area (TPSA) is 61.0 Å². The molecule has 1 unspecified atom stereocenters. The van der Waals surface area contributed by atoms with Crippen LogP contribution in [0.25, 0.3) is 0 Å². The van der Waals surface area contributed by atoms with Crippen LogP contribution in [-0.4, -0.2) is 16.3 Å². The number of nitrogens with two attached hydrogens (primary N) is 1. The highest BCUT2D eigenvalue weighted by Crippen LogP contribution is 2.37. The number of aryl methyl sites for hydroxylation is 1. The molecule has 1 aliphatic carbocycles. The summed E-state index contributed by atoms with van der Waals surface area (Å²) >= 11 is 0. The van der Waals surface area contributed by atoms with Crippen LogP contribution in [0.15, 0.2) is 30.5 Å². The fourth-order valence-corrected chi connectivity index (χ4v) is 2.59. The molecule has 0 fully saturated rings. The molecule has 0 saturated carbocycles. The lowest BCUT2D eigenvalue weighted by Crippen LogP contribution is -2.17. The first-order valence-corrected chi connectivity index (χ1v) is 6.39. The SMILES string of the molecule is Nc1ncc2c(n1)C(c1ccc(OC(F)(F)F)cc1)CC2. The number of fused-ring (bicyclic) bond motifs is 1. The lowest BCUT2D eigenvalue weighted by Gasteiger charge is -2.13. The molecule has 1 aliphatic rings. The monoisotopic (exact) mass is 295 g/mol. The summed E-state index contributed by atoms with van der Waals surface area (Å²) in [6, 6.07) is 5.87. The number of hydrogen-bond acceptors (Lipinski definition) is 4. The Kier molecular flexibility index (Phi) is 3.19. The molecule has 0 spiro atoms. The van der Waals surface area contributed by atoms with Crippen LogP contribution in [0.3, 0.4) is 0 Å². The van der Waals surface area contributed by atoms with Crippen LogP contribution >= 0.6 is 0 Å². The first kappa shape index (κ1) is 13.7. The lowest BCUT2D eigenvalue weighted by atomic mass is 9.97. The van der Waals surface area contributed by atoms with Gasteiger partial charge >= 0.3 is 6.36 Å². The van der Waals surface area contributed by atoms with Crippen molar-refractivity contribution in [1.29, 1.82) is 0 Å². The normalized spacial score (nSPS) is 17.6. The van der Waals surface area contributed by atoms with Crippen LogP contribution < -0.4 is 10.5 Å². The van der Waals surface area contributed by atoms with Gasteiger partial charge in [0.2, 0.25) is 5.95 Å². The van der Waals surface area contributed by atoms with E-state index in [2.05, 4.69) is 14.7 Å². The Balaban J connectivity index is 1.85. The third-order valence-electron chi connectivity index (χ3n) is 3.47. The summed E-state index contributed by atoms with van der Waals surface area (Å²) in [5, 5.41) is 0. The van der Waals surface area contributed by atoms with E-state index in [0.717, 1.165) is 29.7 Å². The van der Waals surface area contributed by atoms with Crippen LogP contribution in [-0.2, 0) is 6.42 Å². The van der Waals surface area contributed by atoms with E-state index in [0.29, 0.717) is 0 Å². The number of ether oxygens (including phenoxy) is 1. The molecule has 110 valence electrons. The molecule has 2 aromatic rings. The summed E-state index contributed by atoms with van der Waals surface area (Å²) in [5.41, 5.74) is 8.37. The predicted molar refractivity (Wildman–Crippen MR) is 69.7 cm³/mol. The van der Waals surface area contributed by atoms with E-state index < -0.39 is 6.36 Å². The number of benzene rings is 1. The average Bonchev–Trinajstić information content (AvgIpc) is 2.81. The van der Waals surface area contributed by atoms with E-state index in [1.165, 1.54) is 12.1 Å². The zero-order chi connectivity index (χ0) is 15.0. The molecule has 1 aromatic carbocycles. The van der Waals surface area contributed by atoms with Crippen molar-refractivity contribution in [2.24, 2.45) is 0 Å². The van der Waals surface area contributed by atoms with Crippen molar-refractivity contribution in [2.75, 3.05) is 5.73 Å². The van der Waals surface area contributed by atoms with Crippen LogP contribution in [0.5, 0.6) is 5.75 Å². The number of nitrogens with zero attached hydrogens (tertiary/aromatic N) is 2. The maximum atomic E-state index is 12.1. The maximum absolute atomic E-state index is 12.1. The molecule has 0 amide bonds. The molecule has 4 nitrogen and oxygen atoms in total. The van der Waals surface area contributed by atoms with Crippen molar-refractivity contribution in [1.82, 2.24) is 9.97 Å². The number of halogens is 3. The summed E-state index contributed by atoms with van der Waals surface area (Å²) in [7, 11) is 0. The number of anilines is 1. The largest absolute Gasteiger partial charge is 0.573 e. The second-order valence-corrected chi connectivity index (χ2v) is 4.85. The van der Waals surface area contributed by atoms with E-state index >= 15 is 0 Å². The molecule has 0 aliphatic heterocycles. The number of alkyl halides is 3. The van der Waals surface area contributed by atoms with Gasteiger partial charge in [-0.25, -0.2) is 9.97 Å². The second kappa shape index (κ2) is 4.91. The smallest absolute Gasteiger partial charge is 0.406 e. The number of nitrogen functional groups attached to an aromatic ring is 1. The van der Waals surface area contributed by atoms with E-state index in [1.807, 2.05) is 0 Å². The van der Waals surface area contributed by atoms with Gasteiger partial charge in [0.1, 0.15) is 5.75 Å². The third-order valence-corrected chi connectivity index (χ3v) is 3.47. The van der Waals surface area contributed by atoms with Gasteiger partial charge in [-0.05, 0) is 36.1 Å². The highest BCUT2D eigenvalue weighted by molar-refractivity contribution is 5.41. The van der Waals surface area contributed by atoms with E-state index in [1.54, 1.807) is 18.3 Å². The molecule has 21 heavy (non-hydrogen) atoms. The summed E-state index contributed by atoms with van der Waals surface area (Å²) in [6.07, 6.45) is -1.30. The molecule has 1 atom stereocenters. The fourth-order valence-electron chi connectivity index (χ4n) is 2.59. The van der Waals surface area contributed by atoms with Crippen molar-refractivity contribution in [3.05, 3.63) is 47.3 Å². The lowest BCUT2D eigenvalue weighted by molar-refractivity contribution is -0.274. The number of rotatable bonds is 2. The molecule has 0 radical (unpaired) electrons. The summed E-state index contributed by atoms with van der Waals surface area (Å²) in [6.45, 7) is 0. The molecule has 2 N–H and O–H groups in total. The fraction of sp³-hybridized carbons (Fsp3) is 0.286. The Hall–Kier alpha value is -2.31. The summed E-state index contributed by atoms with van der Waals surface area (Å²) < 4.78 is 40.3. The highest BCUT2D eigenvalue weighted by Gasteiger charge is 2.31. The van der Waals surface area contributed by atoms with Crippen molar-refractivity contribution < 1.29 is 17.9 Å². The molecular formula is C14H12F3N3O. The number of aromatic nitrogens is 2. The molecule has 1 aromatic heterocycles. The minimum Gasteiger partial charge on any atom is -0.406 e. The zero-order valence-corrected chi connectivity index (χ0v) is 10.9. The first-order valence-electron chi connectivity index (χ1n) is 6.39. The Labute approximate surface area is 118 Å². The minimum atomic E-state index is -4.68. The average molecular weight is 295 g/mol. The minimum absolute atomic E-state index is 0.0326. The quantitative estimate of drug-likeness (QED) is 0.925. The molecule has 7 heteroatoms. The van der Waals surface area contributed by atoms with Crippen molar-refractivity contribution in [2.45, 2.75) is 25.1 Å². The molecular weight excluding hydrogens is 283 g/mol. The summed E-state index contributed by atoms with van der Waals surface area (Å²) in [4.78, 5) is 8.20. The van der Waals surface area contributed by atoms with Crippen LogP contribution in [0, 0.1) is 0 Å². The van der Waals surface area contributed by atoms with Crippen LogP contribution in [0.2, 0.25) is 0 Å². The molecule has 0 saturated heterocycles. The third kappa shape index (κ3) is 2.91. The molecule has 3 rings (SSSR count). The van der Waals surface area contributed by atoms with Gasteiger partial charge in [0.25, 0.3) is 0 Å². The second-order valence-electron chi connectivity index (χ2n) is 4.85. The van der Waals surface area contributed by atoms with Crippen LogP contribution in [0.4, 0.5) is 19.1 Å². The zero-order valence-electron chi connectivity index (χ0n) is 10.9. The molecule has 1 heterocycles. The van der Waals surface area contributed by atoms with Gasteiger partial charge in [-0.3, -0.25) is 0 Å². The van der Waals surface area contributed by atoms with Gasteiger partial charge in [-0.1, -0.05) is 12.1 Å². The van der Waals surface area contributed by atoms with Crippen molar-refractivity contribution in [3.8, 4) is 5.75 Å².